The van der Waals surface area contributed by atoms with Gasteiger partial charge in [-0.3, -0.25) is 0 Å². The number of carbonyl (C=O) groups is 1. The summed E-state index contributed by atoms with van der Waals surface area (Å²) in [6.07, 6.45) is 6.38. The van der Waals surface area contributed by atoms with Gasteiger partial charge in [-0.1, -0.05) is 46.1 Å². The Hall–Kier alpha value is -1.51. The number of unbranched alkanes of at least 4 members (excludes halogenated alkanes) is 2. The molecule has 3 nitrogen and oxygen atoms in total. The minimum atomic E-state index is -0.911. The molecule has 1 rings (SSSR count). The van der Waals surface area contributed by atoms with Crippen LogP contribution in [0.15, 0.2) is 18.2 Å². The molecule has 0 radical (unpaired) electrons. The van der Waals surface area contributed by atoms with Crippen LogP contribution in [0.5, 0.6) is 5.75 Å². The molecular formula is C18H28O3. The van der Waals surface area contributed by atoms with Crippen molar-refractivity contribution in [1.29, 1.82) is 0 Å². The van der Waals surface area contributed by atoms with E-state index in [4.69, 9.17) is 4.74 Å². The molecule has 0 aliphatic heterocycles. The Labute approximate surface area is 128 Å². The highest BCUT2D eigenvalue weighted by Gasteiger charge is 2.12. The first-order valence-corrected chi connectivity index (χ1v) is 8.03. The van der Waals surface area contributed by atoms with E-state index in [1.807, 2.05) is 6.07 Å². The summed E-state index contributed by atoms with van der Waals surface area (Å²) in [6.45, 7) is 7.13. The maximum Gasteiger partial charge on any atom is 0.339 e. The van der Waals surface area contributed by atoms with Gasteiger partial charge in [0.25, 0.3) is 0 Å². The average molecular weight is 292 g/mol. The van der Waals surface area contributed by atoms with Crippen LogP contribution in [0.2, 0.25) is 0 Å². The minimum absolute atomic E-state index is 0.286. The van der Waals surface area contributed by atoms with Gasteiger partial charge in [0.05, 0.1) is 6.61 Å². The second-order valence-electron chi connectivity index (χ2n) is 5.98. The maximum absolute atomic E-state index is 11.4. The fourth-order valence-corrected chi connectivity index (χ4v) is 2.27. The lowest BCUT2D eigenvalue weighted by Gasteiger charge is -2.11. The van der Waals surface area contributed by atoms with E-state index in [0.717, 1.165) is 44.1 Å². The van der Waals surface area contributed by atoms with Crippen molar-refractivity contribution in [3.05, 3.63) is 29.3 Å². The summed E-state index contributed by atoms with van der Waals surface area (Å²) in [7, 11) is 0. The van der Waals surface area contributed by atoms with Crippen LogP contribution in [0, 0.1) is 5.92 Å². The maximum atomic E-state index is 11.4. The lowest BCUT2D eigenvalue weighted by Crippen LogP contribution is -2.05. The van der Waals surface area contributed by atoms with Crippen LogP contribution in [-0.2, 0) is 6.42 Å². The number of rotatable bonds is 10. The molecule has 0 heterocycles. The Morgan fingerprint density at radius 2 is 2.00 bits per heavy atom. The third-order valence-corrected chi connectivity index (χ3v) is 3.53. The van der Waals surface area contributed by atoms with Gasteiger partial charge < -0.3 is 9.84 Å². The summed E-state index contributed by atoms with van der Waals surface area (Å²) < 4.78 is 5.62. The fraction of sp³-hybridized carbons (Fsp3) is 0.611. The molecule has 0 saturated carbocycles. The Morgan fingerprint density at radius 3 is 2.62 bits per heavy atom. The first-order valence-electron chi connectivity index (χ1n) is 8.03. The zero-order valence-corrected chi connectivity index (χ0v) is 13.5. The molecule has 0 saturated heterocycles. The van der Waals surface area contributed by atoms with Crippen molar-refractivity contribution >= 4 is 5.97 Å². The smallest absolute Gasteiger partial charge is 0.339 e. The van der Waals surface area contributed by atoms with E-state index < -0.39 is 5.97 Å². The van der Waals surface area contributed by atoms with Gasteiger partial charge in [0.2, 0.25) is 0 Å². The van der Waals surface area contributed by atoms with Crippen molar-refractivity contribution in [2.24, 2.45) is 5.92 Å². The SMILES string of the molecule is CCCCCOc1ccc(CCCC(C)C)cc1C(=O)O. The molecule has 3 heteroatoms. The van der Waals surface area contributed by atoms with Gasteiger partial charge in [-0.05, 0) is 42.9 Å². The fourth-order valence-electron chi connectivity index (χ4n) is 2.27. The third kappa shape index (κ3) is 6.65. The molecule has 0 unspecified atom stereocenters. The van der Waals surface area contributed by atoms with Gasteiger partial charge >= 0.3 is 5.97 Å². The second kappa shape index (κ2) is 9.43. The number of hydrogen-bond acceptors (Lipinski definition) is 2. The Kier molecular flexibility index (Phi) is 7.88. The molecule has 0 bridgehead atoms. The van der Waals surface area contributed by atoms with Crippen LogP contribution in [0.1, 0.15) is 68.8 Å². The van der Waals surface area contributed by atoms with Gasteiger partial charge in [0.15, 0.2) is 0 Å². The molecule has 0 fully saturated rings. The highest BCUT2D eigenvalue weighted by molar-refractivity contribution is 5.91. The molecule has 118 valence electrons. The molecule has 0 spiro atoms. The number of carboxylic acid groups (broad SMARTS) is 1. The monoisotopic (exact) mass is 292 g/mol. The van der Waals surface area contributed by atoms with E-state index in [1.165, 1.54) is 0 Å². The summed E-state index contributed by atoms with van der Waals surface area (Å²) in [5, 5.41) is 9.33. The second-order valence-corrected chi connectivity index (χ2v) is 5.98. The van der Waals surface area contributed by atoms with Crippen LogP contribution in [0.3, 0.4) is 0 Å². The van der Waals surface area contributed by atoms with Crippen molar-refractivity contribution in [3.8, 4) is 5.75 Å². The van der Waals surface area contributed by atoms with Crippen molar-refractivity contribution in [3.63, 3.8) is 0 Å². The number of benzene rings is 1. The average Bonchev–Trinajstić information content (AvgIpc) is 2.44. The molecular weight excluding hydrogens is 264 g/mol. The van der Waals surface area contributed by atoms with Gasteiger partial charge in [0.1, 0.15) is 11.3 Å². The van der Waals surface area contributed by atoms with E-state index in [2.05, 4.69) is 20.8 Å². The molecule has 0 aromatic heterocycles. The minimum Gasteiger partial charge on any atom is -0.493 e. The summed E-state index contributed by atoms with van der Waals surface area (Å²) in [6, 6.07) is 5.56. The summed E-state index contributed by atoms with van der Waals surface area (Å²) in [5.74, 6) is 0.266. The largest absolute Gasteiger partial charge is 0.493 e. The standard InChI is InChI=1S/C18H28O3/c1-4-5-6-12-21-17-11-10-15(9-7-8-14(2)3)13-16(17)18(19)20/h10-11,13-14H,4-9,12H2,1-3H3,(H,19,20). The van der Waals surface area contributed by atoms with Crippen LogP contribution in [-0.4, -0.2) is 17.7 Å². The van der Waals surface area contributed by atoms with Crippen molar-refractivity contribution in [1.82, 2.24) is 0 Å². The van der Waals surface area contributed by atoms with Crippen LogP contribution < -0.4 is 4.74 Å². The van der Waals surface area contributed by atoms with E-state index in [0.29, 0.717) is 18.3 Å². The van der Waals surface area contributed by atoms with E-state index in [9.17, 15) is 9.90 Å². The van der Waals surface area contributed by atoms with Gasteiger partial charge in [-0.15, -0.1) is 0 Å². The Balaban J connectivity index is 2.65. The predicted octanol–water partition coefficient (Wildman–Crippen LogP) is 4.93. The molecule has 0 atom stereocenters. The zero-order valence-electron chi connectivity index (χ0n) is 13.5. The number of aryl methyl sites for hydroxylation is 1. The highest BCUT2D eigenvalue weighted by atomic mass is 16.5. The lowest BCUT2D eigenvalue weighted by atomic mass is 10.0. The highest BCUT2D eigenvalue weighted by Crippen LogP contribution is 2.22. The molecule has 0 aliphatic carbocycles. The van der Waals surface area contributed by atoms with Crippen molar-refractivity contribution in [2.45, 2.75) is 59.3 Å². The normalized spacial score (nSPS) is 10.9. The summed E-state index contributed by atoms with van der Waals surface area (Å²) in [5.41, 5.74) is 1.36. The van der Waals surface area contributed by atoms with Crippen molar-refractivity contribution in [2.75, 3.05) is 6.61 Å². The third-order valence-electron chi connectivity index (χ3n) is 3.53. The Bertz CT molecular complexity index is 438. The topological polar surface area (TPSA) is 46.5 Å². The zero-order chi connectivity index (χ0) is 15.7. The van der Waals surface area contributed by atoms with E-state index in [-0.39, 0.29) is 5.56 Å². The molecule has 1 aromatic carbocycles. The number of carboxylic acids is 1. The number of ether oxygens (including phenoxy) is 1. The molecule has 1 N–H and O–H groups in total. The summed E-state index contributed by atoms with van der Waals surface area (Å²) >= 11 is 0. The predicted molar refractivity (Wildman–Crippen MR) is 86.2 cm³/mol. The molecule has 0 aliphatic rings. The van der Waals surface area contributed by atoms with Crippen LogP contribution in [0.25, 0.3) is 0 Å². The first-order chi connectivity index (χ1) is 10.0. The van der Waals surface area contributed by atoms with Crippen molar-refractivity contribution < 1.29 is 14.6 Å². The number of hydrogen-bond donors (Lipinski definition) is 1. The molecule has 21 heavy (non-hydrogen) atoms. The summed E-state index contributed by atoms with van der Waals surface area (Å²) in [4.78, 5) is 11.4. The Morgan fingerprint density at radius 1 is 1.24 bits per heavy atom. The van der Waals surface area contributed by atoms with Crippen LogP contribution >= 0.6 is 0 Å². The lowest BCUT2D eigenvalue weighted by molar-refractivity contribution is 0.0692. The van der Waals surface area contributed by atoms with E-state index >= 15 is 0 Å². The molecule has 0 amide bonds. The van der Waals surface area contributed by atoms with Gasteiger partial charge in [-0.25, -0.2) is 4.79 Å². The first kappa shape index (κ1) is 17.5. The quantitative estimate of drug-likeness (QED) is 0.622. The molecule has 1 aromatic rings. The van der Waals surface area contributed by atoms with Crippen LogP contribution in [0.4, 0.5) is 0 Å². The van der Waals surface area contributed by atoms with Gasteiger partial charge in [0, 0.05) is 0 Å². The van der Waals surface area contributed by atoms with E-state index in [1.54, 1.807) is 12.1 Å². The number of aromatic carboxylic acids is 1. The van der Waals surface area contributed by atoms with Gasteiger partial charge in [-0.2, -0.15) is 0 Å².